The average Bonchev–Trinajstić information content (AvgIpc) is 3.11. The molecule has 0 radical (unpaired) electrons. The van der Waals surface area contributed by atoms with E-state index in [1.807, 2.05) is 12.3 Å². The number of H-pyrrole nitrogens is 1. The van der Waals surface area contributed by atoms with Crippen LogP contribution in [0.4, 0.5) is 4.39 Å². The molecule has 0 amide bonds. The zero-order valence-corrected chi connectivity index (χ0v) is 13.3. The number of likely N-dealkylation sites (tertiary alicyclic amines) is 1. The van der Waals surface area contributed by atoms with E-state index in [0.717, 1.165) is 23.3 Å². The van der Waals surface area contributed by atoms with Gasteiger partial charge < -0.3 is 9.72 Å². The van der Waals surface area contributed by atoms with Crippen molar-refractivity contribution in [3.8, 4) is 0 Å². The lowest BCUT2D eigenvalue weighted by molar-refractivity contribution is 0.107. The third kappa shape index (κ3) is 3.17. The van der Waals surface area contributed by atoms with E-state index in [4.69, 9.17) is 4.74 Å². The molecule has 2 heterocycles. The van der Waals surface area contributed by atoms with Crippen LogP contribution in [0.1, 0.15) is 23.9 Å². The third-order valence-corrected chi connectivity index (χ3v) is 4.41. The molecule has 4 nitrogen and oxygen atoms in total. The summed E-state index contributed by atoms with van der Waals surface area (Å²) in [5.41, 5.74) is 0.678. The summed E-state index contributed by atoms with van der Waals surface area (Å²) in [6.45, 7) is 1.31. The van der Waals surface area contributed by atoms with E-state index >= 15 is 0 Å². The lowest BCUT2D eigenvalue weighted by atomic mass is 10.1. The van der Waals surface area contributed by atoms with Crippen LogP contribution in [0.5, 0.6) is 0 Å². The Balaban J connectivity index is 1.83. The molecular weight excluding hydrogens is 337 g/mol. The van der Waals surface area contributed by atoms with Crippen molar-refractivity contribution in [2.45, 2.75) is 25.1 Å². The molecule has 1 aromatic carbocycles. The molecule has 1 aliphatic heterocycles. The minimum Gasteiger partial charge on any atom is -0.380 e. The van der Waals surface area contributed by atoms with Gasteiger partial charge in [-0.25, -0.2) is 9.37 Å². The summed E-state index contributed by atoms with van der Waals surface area (Å²) in [5.74, 6) is 0.724. The molecule has 1 fully saturated rings. The minimum absolute atomic E-state index is 0.128. The lowest BCUT2D eigenvalue weighted by Gasteiger charge is -2.23. The molecule has 6 heteroatoms. The highest BCUT2D eigenvalue weighted by Crippen LogP contribution is 2.33. The summed E-state index contributed by atoms with van der Waals surface area (Å²) in [6, 6.07) is 5.16. The predicted octanol–water partition coefficient (Wildman–Crippen LogP) is 3.27. The van der Waals surface area contributed by atoms with Gasteiger partial charge in [-0.05, 0) is 24.6 Å². The van der Waals surface area contributed by atoms with E-state index in [2.05, 4.69) is 30.8 Å². The van der Waals surface area contributed by atoms with Gasteiger partial charge in [-0.1, -0.05) is 15.9 Å². The Morgan fingerprint density at radius 1 is 1.52 bits per heavy atom. The smallest absolute Gasteiger partial charge is 0.127 e. The second-order valence-corrected chi connectivity index (χ2v) is 6.16. The van der Waals surface area contributed by atoms with Crippen molar-refractivity contribution >= 4 is 15.9 Å². The highest BCUT2D eigenvalue weighted by atomic mass is 79.9. The van der Waals surface area contributed by atoms with Crippen LogP contribution in [0.3, 0.4) is 0 Å². The van der Waals surface area contributed by atoms with E-state index in [1.54, 1.807) is 19.4 Å². The molecule has 2 atom stereocenters. The zero-order chi connectivity index (χ0) is 14.8. The van der Waals surface area contributed by atoms with Gasteiger partial charge in [-0.15, -0.1) is 0 Å². The maximum Gasteiger partial charge on any atom is 0.127 e. The fourth-order valence-corrected chi connectivity index (χ4v) is 3.24. The van der Waals surface area contributed by atoms with Crippen molar-refractivity contribution in [1.29, 1.82) is 0 Å². The van der Waals surface area contributed by atoms with Gasteiger partial charge in [0.05, 0.1) is 12.1 Å². The average molecular weight is 354 g/mol. The van der Waals surface area contributed by atoms with Gasteiger partial charge in [0.25, 0.3) is 0 Å². The molecule has 1 unspecified atom stereocenters. The van der Waals surface area contributed by atoms with E-state index in [1.165, 1.54) is 6.07 Å². The Morgan fingerprint density at radius 3 is 3.10 bits per heavy atom. The van der Waals surface area contributed by atoms with Crippen LogP contribution in [-0.2, 0) is 11.3 Å². The molecule has 0 bridgehead atoms. The van der Waals surface area contributed by atoms with Crippen LogP contribution in [0, 0.1) is 5.82 Å². The van der Waals surface area contributed by atoms with Gasteiger partial charge in [-0.2, -0.15) is 0 Å². The summed E-state index contributed by atoms with van der Waals surface area (Å²) in [7, 11) is 1.72. The minimum atomic E-state index is -0.183. The summed E-state index contributed by atoms with van der Waals surface area (Å²) in [5, 5.41) is 0. The third-order valence-electron chi connectivity index (χ3n) is 3.91. The number of hydrogen-bond acceptors (Lipinski definition) is 3. The number of rotatable bonds is 4. The molecule has 0 saturated carbocycles. The number of methoxy groups -OCH3 is 1. The zero-order valence-electron chi connectivity index (χ0n) is 11.7. The second-order valence-electron chi connectivity index (χ2n) is 5.25. The van der Waals surface area contributed by atoms with Crippen LogP contribution in [0.2, 0.25) is 0 Å². The molecule has 1 saturated heterocycles. The van der Waals surface area contributed by atoms with E-state index in [0.29, 0.717) is 12.1 Å². The van der Waals surface area contributed by atoms with Gasteiger partial charge in [0, 0.05) is 42.6 Å². The number of nitrogens with zero attached hydrogens (tertiary/aromatic N) is 2. The number of imidazole rings is 1. The number of hydrogen-bond donors (Lipinski definition) is 1. The number of aromatic amines is 1. The molecule has 0 spiro atoms. The van der Waals surface area contributed by atoms with Gasteiger partial charge in [0.15, 0.2) is 0 Å². The Kier molecular flexibility index (Phi) is 4.37. The van der Waals surface area contributed by atoms with Crippen molar-refractivity contribution in [2.24, 2.45) is 0 Å². The summed E-state index contributed by atoms with van der Waals surface area (Å²) < 4.78 is 20.3. The first-order valence-electron chi connectivity index (χ1n) is 6.87. The molecule has 2 aromatic rings. The summed E-state index contributed by atoms with van der Waals surface area (Å²) >= 11 is 3.40. The number of aromatic nitrogens is 2. The molecular formula is C15H17BrFN3O. The number of nitrogens with one attached hydrogen (secondary N) is 1. The van der Waals surface area contributed by atoms with Crippen molar-refractivity contribution in [3.05, 3.63) is 52.3 Å². The summed E-state index contributed by atoms with van der Waals surface area (Å²) in [4.78, 5) is 9.70. The van der Waals surface area contributed by atoms with Crippen molar-refractivity contribution in [1.82, 2.24) is 14.9 Å². The molecule has 112 valence electrons. The normalized spacial score (nSPS) is 22.8. The van der Waals surface area contributed by atoms with Crippen LogP contribution >= 0.6 is 15.9 Å². The van der Waals surface area contributed by atoms with Crippen LogP contribution in [0.25, 0.3) is 0 Å². The molecule has 3 rings (SSSR count). The summed E-state index contributed by atoms with van der Waals surface area (Å²) in [6.07, 6.45) is 4.57. The Morgan fingerprint density at radius 2 is 2.38 bits per heavy atom. The fourth-order valence-electron chi connectivity index (χ4n) is 2.83. The van der Waals surface area contributed by atoms with Crippen LogP contribution < -0.4 is 0 Å². The van der Waals surface area contributed by atoms with Gasteiger partial charge >= 0.3 is 0 Å². The Bertz CT molecular complexity index is 605. The van der Waals surface area contributed by atoms with E-state index in [-0.39, 0.29) is 18.0 Å². The topological polar surface area (TPSA) is 41.1 Å². The van der Waals surface area contributed by atoms with Gasteiger partial charge in [0.2, 0.25) is 0 Å². The molecule has 1 aromatic heterocycles. The quantitative estimate of drug-likeness (QED) is 0.916. The highest BCUT2D eigenvalue weighted by Gasteiger charge is 2.34. The first kappa shape index (κ1) is 14.7. The SMILES string of the molecule is CO[C@@H]1CC(c2ncc[nH]2)N(Cc2cc(Br)ccc2F)C1. The molecule has 21 heavy (non-hydrogen) atoms. The second kappa shape index (κ2) is 6.25. The fraction of sp³-hybridized carbons (Fsp3) is 0.400. The van der Waals surface area contributed by atoms with Crippen LogP contribution in [-0.4, -0.2) is 34.6 Å². The van der Waals surface area contributed by atoms with Crippen molar-refractivity contribution in [3.63, 3.8) is 0 Å². The largest absolute Gasteiger partial charge is 0.380 e. The molecule has 1 N–H and O–H groups in total. The maximum absolute atomic E-state index is 14.0. The highest BCUT2D eigenvalue weighted by molar-refractivity contribution is 9.10. The predicted molar refractivity (Wildman–Crippen MR) is 81.3 cm³/mol. The van der Waals surface area contributed by atoms with Crippen molar-refractivity contribution < 1.29 is 9.13 Å². The van der Waals surface area contributed by atoms with E-state index < -0.39 is 0 Å². The Hall–Kier alpha value is -1.24. The first-order chi connectivity index (χ1) is 10.2. The van der Waals surface area contributed by atoms with Crippen LogP contribution in [0.15, 0.2) is 35.1 Å². The number of benzene rings is 1. The monoisotopic (exact) mass is 353 g/mol. The molecule has 1 aliphatic rings. The van der Waals surface area contributed by atoms with Crippen molar-refractivity contribution in [2.75, 3.05) is 13.7 Å². The van der Waals surface area contributed by atoms with Gasteiger partial charge in [0.1, 0.15) is 11.6 Å². The van der Waals surface area contributed by atoms with Gasteiger partial charge in [-0.3, -0.25) is 4.90 Å². The Labute approximate surface area is 131 Å². The number of halogens is 2. The maximum atomic E-state index is 14.0. The standard InChI is InChI=1S/C15H17BrFN3O/c1-21-12-7-14(15-18-4-5-19-15)20(9-12)8-10-6-11(16)2-3-13(10)17/h2-6,12,14H,7-9H2,1H3,(H,18,19)/t12-,14?/m1/s1. The lowest BCUT2D eigenvalue weighted by Crippen LogP contribution is -2.25. The first-order valence-corrected chi connectivity index (χ1v) is 7.66. The van der Waals surface area contributed by atoms with E-state index in [9.17, 15) is 4.39 Å². The number of ether oxygens (including phenoxy) is 1. The molecule has 0 aliphatic carbocycles.